The first kappa shape index (κ1) is 9.68. The SMILES string of the molecule is COCCCN1CCCC(=O)C1. The highest BCUT2D eigenvalue weighted by Crippen LogP contribution is 2.05. The molecule has 0 spiro atoms. The molecular formula is C9H17NO2. The Labute approximate surface area is 73.7 Å². The lowest BCUT2D eigenvalue weighted by Gasteiger charge is -2.25. The standard InChI is InChI=1S/C9H17NO2/c1-12-7-3-6-10-5-2-4-9(11)8-10/h2-8H2,1H3. The number of nitrogens with zero attached hydrogens (tertiary/aromatic N) is 1. The van der Waals surface area contributed by atoms with E-state index in [1.54, 1.807) is 7.11 Å². The molecule has 0 unspecified atom stereocenters. The Morgan fingerprint density at radius 3 is 3.08 bits per heavy atom. The number of ether oxygens (including phenoxy) is 1. The molecule has 0 atom stereocenters. The predicted octanol–water partition coefficient (Wildman–Crippen LogP) is 0.688. The second-order valence-corrected chi connectivity index (χ2v) is 3.26. The van der Waals surface area contributed by atoms with Crippen molar-refractivity contribution in [1.29, 1.82) is 0 Å². The molecule has 0 saturated carbocycles. The van der Waals surface area contributed by atoms with E-state index in [9.17, 15) is 4.79 Å². The summed E-state index contributed by atoms with van der Waals surface area (Å²) in [6.45, 7) is 3.53. The number of rotatable bonds is 4. The molecule has 0 amide bonds. The third kappa shape index (κ3) is 3.32. The Balaban J connectivity index is 2.10. The predicted molar refractivity (Wildman–Crippen MR) is 47.2 cm³/mol. The van der Waals surface area contributed by atoms with Crippen molar-refractivity contribution in [2.24, 2.45) is 0 Å². The molecule has 3 heteroatoms. The van der Waals surface area contributed by atoms with E-state index in [4.69, 9.17) is 4.74 Å². The first-order valence-corrected chi connectivity index (χ1v) is 4.56. The lowest BCUT2D eigenvalue weighted by atomic mass is 10.1. The van der Waals surface area contributed by atoms with Gasteiger partial charge >= 0.3 is 0 Å². The summed E-state index contributed by atoms with van der Waals surface area (Å²) in [5.74, 6) is 0.388. The van der Waals surface area contributed by atoms with E-state index >= 15 is 0 Å². The van der Waals surface area contributed by atoms with Gasteiger partial charge in [-0.25, -0.2) is 0 Å². The highest BCUT2D eigenvalue weighted by molar-refractivity contribution is 5.81. The average molecular weight is 171 g/mol. The largest absolute Gasteiger partial charge is 0.385 e. The minimum atomic E-state index is 0.388. The van der Waals surface area contributed by atoms with Gasteiger partial charge in [0.1, 0.15) is 5.78 Å². The number of piperidine rings is 1. The molecule has 0 bridgehead atoms. The fourth-order valence-corrected chi connectivity index (χ4v) is 1.53. The third-order valence-electron chi connectivity index (χ3n) is 2.15. The van der Waals surface area contributed by atoms with E-state index in [-0.39, 0.29) is 0 Å². The van der Waals surface area contributed by atoms with Gasteiger partial charge in [-0.3, -0.25) is 9.69 Å². The van der Waals surface area contributed by atoms with E-state index in [1.165, 1.54) is 0 Å². The van der Waals surface area contributed by atoms with Gasteiger partial charge in [0.2, 0.25) is 0 Å². The summed E-state index contributed by atoms with van der Waals surface area (Å²) >= 11 is 0. The molecule has 1 rings (SSSR count). The van der Waals surface area contributed by atoms with Crippen LogP contribution in [-0.2, 0) is 9.53 Å². The first-order valence-electron chi connectivity index (χ1n) is 4.56. The summed E-state index contributed by atoms with van der Waals surface area (Å²) in [5, 5.41) is 0. The van der Waals surface area contributed by atoms with Crippen molar-refractivity contribution in [3.05, 3.63) is 0 Å². The maximum absolute atomic E-state index is 11.0. The molecular weight excluding hydrogens is 154 g/mol. The Morgan fingerprint density at radius 1 is 1.58 bits per heavy atom. The molecule has 1 aliphatic rings. The van der Waals surface area contributed by atoms with Gasteiger partial charge in [-0.05, 0) is 19.4 Å². The number of likely N-dealkylation sites (tertiary alicyclic amines) is 1. The Kier molecular flexibility index (Phi) is 4.25. The molecule has 1 aliphatic heterocycles. The van der Waals surface area contributed by atoms with Crippen LogP contribution in [0, 0.1) is 0 Å². The quantitative estimate of drug-likeness (QED) is 0.583. The minimum absolute atomic E-state index is 0.388. The van der Waals surface area contributed by atoms with Gasteiger partial charge in [-0.1, -0.05) is 0 Å². The molecule has 0 aromatic rings. The molecule has 12 heavy (non-hydrogen) atoms. The Bertz CT molecular complexity index is 147. The number of carbonyl (C=O) groups excluding carboxylic acids is 1. The smallest absolute Gasteiger partial charge is 0.146 e. The van der Waals surface area contributed by atoms with E-state index < -0.39 is 0 Å². The average Bonchev–Trinajstić information content (AvgIpc) is 2.05. The van der Waals surface area contributed by atoms with Crippen LogP contribution in [0.15, 0.2) is 0 Å². The summed E-state index contributed by atoms with van der Waals surface area (Å²) in [6.07, 6.45) is 2.84. The molecule has 0 aromatic carbocycles. The molecule has 70 valence electrons. The van der Waals surface area contributed by atoms with Crippen LogP contribution in [0.2, 0.25) is 0 Å². The number of hydrogen-bond acceptors (Lipinski definition) is 3. The van der Waals surface area contributed by atoms with Crippen LogP contribution in [0.1, 0.15) is 19.3 Å². The second kappa shape index (κ2) is 5.27. The molecule has 3 nitrogen and oxygen atoms in total. The number of methoxy groups -OCH3 is 1. The van der Waals surface area contributed by atoms with Gasteiger partial charge in [0, 0.05) is 26.7 Å². The van der Waals surface area contributed by atoms with Crippen molar-refractivity contribution in [3.8, 4) is 0 Å². The van der Waals surface area contributed by atoms with Gasteiger partial charge < -0.3 is 4.74 Å². The van der Waals surface area contributed by atoms with Crippen molar-refractivity contribution in [2.45, 2.75) is 19.3 Å². The minimum Gasteiger partial charge on any atom is -0.385 e. The number of hydrogen-bond donors (Lipinski definition) is 0. The maximum Gasteiger partial charge on any atom is 0.146 e. The number of Topliss-reactive ketones (excluding diaryl/α,β-unsaturated/α-hetero) is 1. The molecule has 0 aromatic heterocycles. The monoisotopic (exact) mass is 171 g/mol. The second-order valence-electron chi connectivity index (χ2n) is 3.26. The van der Waals surface area contributed by atoms with Crippen molar-refractivity contribution in [1.82, 2.24) is 4.90 Å². The lowest BCUT2D eigenvalue weighted by molar-refractivity contribution is -0.122. The number of ketones is 1. The zero-order valence-electron chi connectivity index (χ0n) is 7.71. The zero-order chi connectivity index (χ0) is 8.81. The lowest BCUT2D eigenvalue weighted by Crippen LogP contribution is -2.36. The van der Waals surface area contributed by atoms with Crippen LogP contribution < -0.4 is 0 Å². The topological polar surface area (TPSA) is 29.5 Å². The molecule has 1 saturated heterocycles. The molecule has 1 fully saturated rings. The zero-order valence-corrected chi connectivity index (χ0v) is 7.71. The van der Waals surface area contributed by atoms with E-state index in [1.807, 2.05) is 0 Å². The van der Waals surface area contributed by atoms with Crippen LogP contribution in [0.25, 0.3) is 0 Å². The Hall–Kier alpha value is -0.410. The molecule has 0 radical (unpaired) electrons. The highest BCUT2D eigenvalue weighted by atomic mass is 16.5. The highest BCUT2D eigenvalue weighted by Gasteiger charge is 2.15. The van der Waals surface area contributed by atoms with E-state index in [0.717, 1.165) is 39.0 Å². The summed E-state index contributed by atoms with van der Waals surface area (Å²) in [6, 6.07) is 0. The van der Waals surface area contributed by atoms with Crippen LogP contribution in [0.5, 0.6) is 0 Å². The molecule has 0 aliphatic carbocycles. The van der Waals surface area contributed by atoms with Crippen LogP contribution >= 0.6 is 0 Å². The van der Waals surface area contributed by atoms with E-state index in [2.05, 4.69) is 4.90 Å². The summed E-state index contributed by atoms with van der Waals surface area (Å²) in [5.41, 5.74) is 0. The molecule has 0 N–H and O–H groups in total. The fraction of sp³-hybridized carbons (Fsp3) is 0.889. The van der Waals surface area contributed by atoms with Crippen LogP contribution in [-0.4, -0.2) is 44.0 Å². The Morgan fingerprint density at radius 2 is 2.42 bits per heavy atom. The first-order chi connectivity index (χ1) is 5.83. The summed E-state index contributed by atoms with van der Waals surface area (Å²) in [4.78, 5) is 13.2. The number of carbonyl (C=O) groups is 1. The summed E-state index contributed by atoms with van der Waals surface area (Å²) < 4.78 is 4.95. The van der Waals surface area contributed by atoms with Gasteiger partial charge in [0.05, 0.1) is 6.54 Å². The van der Waals surface area contributed by atoms with Gasteiger partial charge in [-0.15, -0.1) is 0 Å². The maximum atomic E-state index is 11.0. The van der Waals surface area contributed by atoms with Crippen LogP contribution in [0.4, 0.5) is 0 Å². The van der Waals surface area contributed by atoms with Crippen molar-refractivity contribution >= 4 is 5.78 Å². The van der Waals surface area contributed by atoms with Crippen molar-refractivity contribution in [3.63, 3.8) is 0 Å². The van der Waals surface area contributed by atoms with E-state index in [0.29, 0.717) is 12.3 Å². The van der Waals surface area contributed by atoms with Gasteiger partial charge in [0.15, 0.2) is 0 Å². The van der Waals surface area contributed by atoms with Crippen LogP contribution in [0.3, 0.4) is 0 Å². The van der Waals surface area contributed by atoms with Gasteiger partial charge in [-0.2, -0.15) is 0 Å². The summed E-state index contributed by atoms with van der Waals surface area (Å²) in [7, 11) is 1.71. The normalized spacial score (nSPS) is 19.9. The van der Waals surface area contributed by atoms with Gasteiger partial charge in [0.25, 0.3) is 0 Å². The third-order valence-corrected chi connectivity index (χ3v) is 2.15. The van der Waals surface area contributed by atoms with Crippen molar-refractivity contribution < 1.29 is 9.53 Å². The van der Waals surface area contributed by atoms with Crippen molar-refractivity contribution in [2.75, 3.05) is 33.4 Å². The molecule has 1 heterocycles. The fourth-order valence-electron chi connectivity index (χ4n) is 1.53.